The highest BCUT2D eigenvalue weighted by molar-refractivity contribution is 7.91. The van der Waals surface area contributed by atoms with Crippen molar-refractivity contribution in [3.63, 3.8) is 0 Å². The average molecular weight is 296 g/mol. The molecule has 0 aliphatic carbocycles. The topological polar surface area (TPSA) is 59.1 Å². The van der Waals surface area contributed by atoms with Crippen LogP contribution in [-0.2, 0) is 16.3 Å². The molecule has 1 aromatic carbocycles. The normalized spacial score (nSPS) is 22.7. The van der Waals surface area contributed by atoms with Crippen molar-refractivity contribution >= 4 is 31.4 Å². The minimum absolute atomic E-state index is 0.000379. The van der Waals surface area contributed by atoms with Crippen molar-refractivity contribution in [2.24, 2.45) is 0 Å². The molecule has 1 unspecified atom stereocenters. The Labute approximate surface area is 116 Å². The van der Waals surface area contributed by atoms with Crippen LogP contribution in [0.1, 0.15) is 10.6 Å². The van der Waals surface area contributed by atoms with Crippen LogP contribution in [0.15, 0.2) is 18.2 Å². The van der Waals surface area contributed by atoms with Crippen LogP contribution in [0.4, 0.5) is 0 Å². The van der Waals surface area contributed by atoms with Crippen LogP contribution >= 0.6 is 11.3 Å². The van der Waals surface area contributed by atoms with Gasteiger partial charge < -0.3 is 5.32 Å². The smallest absolute Gasteiger partial charge is 0.153 e. The van der Waals surface area contributed by atoms with Crippen molar-refractivity contribution in [3.8, 4) is 0 Å². The zero-order valence-electron chi connectivity index (χ0n) is 10.7. The second kappa shape index (κ2) is 4.85. The largest absolute Gasteiger partial charge is 0.312 e. The maximum Gasteiger partial charge on any atom is 0.153 e. The maximum atomic E-state index is 11.6. The zero-order valence-corrected chi connectivity index (χ0v) is 12.4. The van der Waals surface area contributed by atoms with Gasteiger partial charge in [-0.15, -0.1) is 11.3 Å². The molecular weight excluding hydrogens is 280 g/mol. The van der Waals surface area contributed by atoms with Gasteiger partial charge in [0.2, 0.25) is 0 Å². The van der Waals surface area contributed by atoms with E-state index < -0.39 is 9.84 Å². The van der Waals surface area contributed by atoms with Crippen LogP contribution in [0, 0.1) is 6.92 Å². The lowest BCUT2D eigenvalue weighted by atomic mass is 10.2. The molecule has 0 amide bonds. The molecule has 1 aliphatic rings. The molecule has 1 fully saturated rings. The van der Waals surface area contributed by atoms with Gasteiger partial charge in [-0.25, -0.2) is 13.4 Å². The first-order valence-corrected chi connectivity index (χ1v) is 8.95. The molecule has 1 N–H and O–H groups in total. The van der Waals surface area contributed by atoms with Gasteiger partial charge in [-0.3, -0.25) is 0 Å². The quantitative estimate of drug-likeness (QED) is 0.913. The lowest BCUT2D eigenvalue weighted by Crippen LogP contribution is -2.46. The summed E-state index contributed by atoms with van der Waals surface area (Å²) < 4.78 is 24.4. The molecule has 1 aromatic heterocycles. The number of sulfone groups is 1. The molecule has 2 heterocycles. The first-order valence-electron chi connectivity index (χ1n) is 6.32. The minimum atomic E-state index is -2.87. The fourth-order valence-electron chi connectivity index (χ4n) is 2.38. The first kappa shape index (κ1) is 13.0. The summed E-state index contributed by atoms with van der Waals surface area (Å²) in [6.45, 7) is 2.60. The van der Waals surface area contributed by atoms with Crippen molar-refractivity contribution in [1.82, 2.24) is 10.3 Å². The van der Waals surface area contributed by atoms with Crippen molar-refractivity contribution in [1.29, 1.82) is 0 Å². The van der Waals surface area contributed by atoms with Gasteiger partial charge in [-0.1, -0.05) is 6.07 Å². The standard InChI is InChI=1S/C13H16N2O2S2/c1-9-2-3-12-11(6-9)15-13(18-12)7-10-8-19(16,17)5-4-14-10/h2-3,6,10,14H,4-5,7-8H2,1H3. The SMILES string of the molecule is Cc1ccc2sc(CC3CS(=O)(=O)CCN3)nc2c1. The Morgan fingerprint density at radius 3 is 3.11 bits per heavy atom. The first-order chi connectivity index (χ1) is 9.02. The summed E-state index contributed by atoms with van der Waals surface area (Å²) in [5.41, 5.74) is 2.21. The van der Waals surface area contributed by atoms with Gasteiger partial charge in [0.05, 0.1) is 26.7 Å². The maximum absolute atomic E-state index is 11.6. The van der Waals surface area contributed by atoms with Crippen LogP contribution in [0.2, 0.25) is 0 Å². The van der Waals surface area contributed by atoms with Gasteiger partial charge in [0.15, 0.2) is 9.84 Å². The molecule has 2 aromatic rings. The molecular formula is C13H16N2O2S2. The highest BCUT2D eigenvalue weighted by atomic mass is 32.2. The van der Waals surface area contributed by atoms with Gasteiger partial charge >= 0.3 is 0 Å². The summed E-state index contributed by atoms with van der Waals surface area (Å²) in [4.78, 5) is 4.60. The molecule has 0 bridgehead atoms. The van der Waals surface area contributed by atoms with E-state index in [-0.39, 0.29) is 17.5 Å². The second-order valence-corrected chi connectivity index (χ2v) is 8.39. The molecule has 6 heteroatoms. The summed E-state index contributed by atoms with van der Waals surface area (Å²) in [5.74, 6) is 0.477. The summed E-state index contributed by atoms with van der Waals surface area (Å²) in [6.07, 6.45) is 0.692. The minimum Gasteiger partial charge on any atom is -0.312 e. The number of nitrogens with one attached hydrogen (secondary N) is 1. The van der Waals surface area contributed by atoms with Crippen LogP contribution in [-0.4, -0.2) is 37.5 Å². The highest BCUT2D eigenvalue weighted by Gasteiger charge is 2.25. The Bertz CT molecular complexity index is 707. The molecule has 1 atom stereocenters. The van der Waals surface area contributed by atoms with E-state index in [1.807, 2.05) is 6.92 Å². The molecule has 3 rings (SSSR count). The van der Waals surface area contributed by atoms with E-state index in [0.717, 1.165) is 10.5 Å². The van der Waals surface area contributed by atoms with Crippen LogP contribution < -0.4 is 5.32 Å². The molecule has 1 aliphatic heterocycles. The number of hydrogen-bond acceptors (Lipinski definition) is 5. The van der Waals surface area contributed by atoms with Crippen molar-refractivity contribution in [2.45, 2.75) is 19.4 Å². The van der Waals surface area contributed by atoms with E-state index in [2.05, 4.69) is 28.5 Å². The Kier molecular flexibility index (Phi) is 3.32. The van der Waals surface area contributed by atoms with E-state index >= 15 is 0 Å². The van der Waals surface area contributed by atoms with Gasteiger partial charge in [-0.2, -0.15) is 0 Å². The third kappa shape index (κ3) is 2.96. The fraction of sp³-hybridized carbons (Fsp3) is 0.462. The third-order valence-corrected chi connectivity index (χ3v) is 6.10. The van der Waals surface area contributed by atoms with Crippen molar-refractivity contribution in [2.75, 3.05) is 18.1 Å². The monoisotopic (exact) mass is 296 g/mol. The predicted octanol–water partition coefficient (Wildman–Crippen LogP) is 1.53. The Hall–Kier alpha value is -0.980. The predicted molar refractivity (Wildman–Crippen MR) is 78.5 cm³/mol. The lowest BCUT2D eigenvalue weighted by molar-refractivity contribution is 0.515. The summed E-state index contributed by atoms with van der Waals surface area (Å²) >= 11 is 1.65. The van der Waals surface area contributed by atoms with Gasteiger partial charge in [0.25, 0.3) is 0 Å². The summed E-state index contributed by atoms with van der Waals surface area (Å²) in [7, 11) is -2.87. The zero-order chi connectivity index (χ0) is 13.5. The number of benzene rings is 1. The van der Waals surface area contributed by atoms with E-state index in [9.17, 15) is 8.42 Å². The molecule has 102 valence electrons. The average Bonchev–Trinajstić information content (AvgIpc) is 2.68. The second-order valence-electron chi connectivity index (χ2n) is 5.05. The number of hydrogen-bond donors (Lipinski definition) is 1. The molecule has 0 saturated carbocycles. The number of fused-ring (bicyclic) bond motifs is 1. The Balaban J connectivity index is 1.81. The van der Waals surface area contributed by atoms with E-state index in [0.29, 0.717) is 13.0 Å². The van der Waals surface area contributed by atoms with Crippen LogP contribution in [0.3, 0.4) is 0 Å². The summed E-state index contributed by atoms with van der Waals surface area (Å²) in [5, 5.41) is 4.28. The van der Waals surface area contributed by atoms with Gasteiger partial charge in [0, 0.05) is 19.0 Å². The van der Waals surface area contributed by atoms with E-state index in [1.54, 1.807) is 11.3 Å². The highest BCUT2D eigenvalue weighted by Crippen LogP contribution is 2.24. The van der Waals surface area contributed by atoms with Crippen molar-refractivity contribution < 1.29 is 8.42 Å². The number of aryl methyl sites for hydroxylation is 1. The third-order valence-electron chi connectivity index (χ3n) is 3.31. The number of rotatable bonds is 2. The molecule has 0 radical (unpaired) electrons. The van der Waals surface area contributed by atoms with E-state index in [1.165, 1.54) is 10.3 Å². The fourth-order valence-corrected chi connectivity index (χ4v) is 4.85. The van der Waals surface area contributed by atoms with Gasteiger partial charge in [-0.05, 0) is 24.6 Å². The van der Waals surface area contributed by atoms with Crippen molar-refractivity contribution in [3.05, 3.63) is 28.8 Å². The Morgan fingerprint density at radius 1 is 1.47 bits per heavy atom. The lowest BCUT2D eigenvalue weighted by Gasteiger charge is -2.22. The van der Waals surface area contributed by atoms with Crippen LogP contribution in [0.5, 0.6) is 0 Å². The van der Waals surface area contributed by atoms with E-state index in [4.69, 9.17) is 0 Å². The molecule has 4 nitrogen and oxygen atoms in total. The number of nitrogens with zero attached hydrogens (tertiary/aromatic N) is 1. The number of thiazole rings is 1. The molecule has 19 heavy (non-hydrogen) atoms. The Morgan fingerprint density at radius 2 is 2.32 bits per heavy atom. The molecule has 1 saturated heterocycles. The van der Waals surface area contributed by atoms with Gasteiger partial charge in [0.1, 0.15) is 0 Å². The number of aromatic nitrogens is 1. The summed E-state index contributed by atoms with van der Waals surface area (Å²) in [6, 6.07) is 6.23. The molecule has 0 spiro atoms. The van der Waals surface area contributed by atoms with Crippen LogP contribution in [0.25, 0.3) is 10.2 Å².